The molecule has 0 spiro atoms. The quantitative estimate of drug-likeness (QED) is 0.737. The maximum Gasteiger partial charge on any atom is 0.300 e. The van der Waals surface area contributed by atoms with Crippen molar-refractivity contribution in [3.05, 3.63) is 76.6 Å². The molecule has 0 saturated carbocycles. The molecule has 0 aliphatic carbocycles. The first-order chi connectivity index (χ1) is 13.6. The van der Waals surface area contributed by atoms with Gasteiger partial charge in [0, 0.05) is 37.3 Å². The van der Waals surface area contributed by atoms with Gasteiger partial charge in [0.15, 0.2) is 5.82 Å². The number of rotatable bonds is 5. The number of hydrogen-bond donors (Lipinski definition) is 1. The number of nitrogens with one attached hydrogen (secondary N) is 1. The average Bonchev–Trinajstić information content (AvgIpc) is 3.24. The van der Waals surface area contributed by atoms with Crippen molar-refractivity contribution < 1.29 is 9.13 Å². The molecule has 1 aliphatic rings. The Hall–Kier alpha value is -3.06. The predicted molar refractivity (Wildman–Crippen MR) is 103 cm³/mol. The molecule has 6 nitrogen and oxygen atoms in total. The number of nitrogens with zero attached hydrogens (tertiary/aromatic N) is 3. The van der Waals surface area contributed by atoms with E-state index in [1.807, 2.05) is 30.3 Å². The zero-order valence-corrected chi connectivity index (χ0v) is 15.5. The van der Waals surface area contributed by atoms with E-state index in [2.05, 4.69) is 15.3 Å². The van der Waals surface area contributed by atoms with E-state index in [9.17, 15) is 9.18 Å². The maximum absolute atomic E-state index is 14.2. The van der Waals surface area contributed by atoms with E-state index in [0.717, 1.165) is 31.3 Å². The molecule has 2 aromatic heterocycles. The van der Waals surface area contributed by atoms with Gasteiger partial charge in [-0.1, -0.05) is 30.3 Å². The second kappa shape index (κ2) is 7.90. The molecule has 1 saturated heterocycles. The maximum atomic E-state index is 14.2. The fourth-order valence-corrected chi connectivity index (χ4v) is 3.47. The summed E-state index contributed by atoms with van der Waals surface area (Å²) in [6.45, 7) is 1.75. The number of pyridine rings is 1. The Kier molecular flexibility index (Phi) is 5.16. The Morgan fingerprint density at radius 3 is 2.82 bits per heavy atom. The van der Waals surface area contributed by atoms with Gasteiger partial charge in [0.25, 0.3) is 11.6 Å². The second-order valence-electron chi connectivity index (χ2n) is 6.88. The minimum Gasteiger partial charge on any atom is -0.456 e. The molecule has 2 atom stereocenters. The highest BCUT2D eigenvalue weighted by Crippen LogP contribution is 2.31. The molecule has 28 heavy (non-hydrogen) atoms. The van der Waals surface area contributed by atoms with Gasteiger partial charge in [-0.05, 0) is 24.6 Å². The summed E-state index contributed by atoms with van der Waals surface area (Å²) in [5.74, 6) is -0.283. The van der Waals surface area contributed by atoms with Crippen LogP contribution < -0.4 is 15.6 Å². The molecule has 1 N–H and O–H groups in total. The van der Waals surface area contributed by atoms with Crippen molar-refractivity contribution in [3.63, 3.8) is 0 Å². The second-order valence-corrected chi connectivity index (χ2v) is 6.88. The van der Waals surface area contributed by atoms with Crippen LogP contribution in [0.1, 0.15) is 18.1 Å². The van der Waals surface area contributed by atoms with E-state index in [0.29, 0.717) is 0 Å². The topological polar surface area (TPSA) is 69.0 Å². The first-order valence-electron chi connectivity index (χ1n) is 9.24. The Balaban J connectivity index is 1.75. The molecule has 4 rings (SSSR count). The molecule has 1 aliphatic heterocycles. The van der Waals surface area contributed by atoms with Crippen LogP contribution in [-0.2, 0) is 7.05 Å². The van der Waals surface area contributed by atoms with Gasteiger partial charge in [0.2, 0.25) is 0 Å². The summed E-state index contributed by atoms with van der Waals surface area (Å²) < 4.78 is 21.8. The third-order valence-electron chi connectivity index (χ3n) is 5.03. The number of hydrogen-bond acceptors (Lipinski definition) is 5. The summed E-state index contributed by atoms with van der Waals surface area (Å²) in [5.41, 5.74) is 1.16. The number of aromatic nitrogens is 3. The lowest BCUT2D eigenvalue weighted by Gasteiger charge is -2.25. The van der Waals surface area contributed by atoms with Gasteiger partial charge in [0.1, 0.15) is 6.10 Å². The first-order valence-corrected chi connectivity index (χ1v) is 9.24. The van der Waals surface area contributed by atoms with Crippen molar-refractivity contribution in [2.75, 3.05) is 13.1 Å². The molecule has 0 amide bonds. The van der Waals surface area contributed by atoms with Crippen LogP contribution in [-0.4, -0.2) is 27.6 Å². The van der Waals surface area contributed by atoms with E-state index in [4.69, 9.17) is 4.74 Å². The van der Waals surface area contributed by atoms with Gasteiger partial charge in [-0.3, -0.25) is 14.3 Å². The third kappa shape index (κ3) is 3.66. The minimum absolute atomic E-state index is 0.166. The molecule has 3 aromatic rings. The lowest BCUT2D eigenvalue weighted by molar-refractivity contribution is 0.124. The smallest absolute Gasteiger partial charge is 0.300 e. The molecule has 1 fully saturated rings. The molecule has 3 heterocycles. The fourth-order valence-electron chi connectivity index (χ4n) is 3.47. The Morgan fingerprint density at radius 1 is 1.29 bits per heavy atom. The van der Waals surface area contributed by atoms with Gasteiger partial charge in [-0.25, -0.2) is 4.39 Å². The van der Waals surface area contributed by atoms with Crippen molar-refractivity contribution >= 4 is 0 Å². The lowest BCUT2D eigenvalue weighted by Crippen LogP contribution is -2.26. The zero-order valence-electron chi connectivity index (χ0n) is 15.5. The summed E-state index contributed by atoms with van der Waals surface area (Å²) in [6.07, 6.45) is 3.28. The SMILES string of the molecule is Cn1c(OC(c2ccccc2)[C@H]2CCNC2)nc(-c2ccncc2F)cc1=O. The van der Waals surface area contributed by atoms with Gasteiger partial charge in [0.05, 0.1) is 11.9 Å². The lowest BCUT2D eigenvalue weighted by atomic mass is 9.95. The van der Waals surface area contributed by atoms with Crippen LogP contribution in [0.25, 0.3) is 11.3 Å². The number of halogens is 1. The highest BCUT2D eigenvalue weighted by atomic mass is 19.1. The summed E-state index contributed by atoms with van der Waals surface area (Å²) in [5, 5.41) is 3.35. The number of ether oxygens (including phenoxy) is 1. The summed E-state index contributed by atoms with van der Waals surface area (Å²) in [4.78, 5) is 20.7. The van der Waals surface area contributed by atoms with Gasteiger partial charge >= 0.3 is 0 Å². The molecule has 144 valence electrons. The third-order valence-corrected chi connectivity index (χ3v) is 5.03. The standard InChI is InChI=1S/C21H21FN4O2/c1-26-19(27)11-18(16-8-10-24-13-17(16)22)25-21(26)28-20(15-7-9-23-12-15)14-5-3-2-4-6-14/h2-6,8,10-11,13,15,20,23H,7,9,12H2,1H3/t15-,20?/m0/s1. The molecule has 1 aromatic carbocycles. The van der Waals surface area contributed by atoms with Gasteiger partial charge in [-0.2, -0.15) is 4.98 Å². The van der Waals surface area contributed by atoms with Crippen molar-refractivity contribution in [1.29, 1.82) is 0 Å². The molecular formula is C21H21FN4O2. The van der Waals surface area contributed by atoms with Crippen LogP contribution in [0.5, 0.6) is 6.01 Å². The van der Waals surface area contributed by atoms with Crippen molar-refractivity contribution in [1.82, 2.24) is 19.9 Å². The van der Waals surface area contributed by atoms with E-state index >= 15 is 0 Å². The highest BCUT2D eigenvalue weighted by Gasteiger charge is 2.29. The minimum atomic E-state index is -0.534. The van der Waals surface area contributed by atoms with Crippen LogP contribution in [0.2, 0.25) is 0 Å². The van der Waals surface area contributed by atoms with Crippen molar-refractivity contribution in [2.45, 2.75) is 12.5 Å². The molecule has 7 heteroatoms. The molecule has 0 bridgehead atoms. The molecule has 0 radical (unpaired) electrons. The normalized spacial score (nSPS) is 17.4. The van der Waals surface area contributed by atoms with E-state index in [1.54, 1.807) is 7.05 Å². The van der Waals surface area contributed by atoms with Crippen LogP contribution in [0.4, 0.5) is 4.39 Å². The Morgan fingerprint density at radius 2 is 2.11 bits per heavy atom. The van der Waals surface area contributed by atoms with Crippen LogP contribution in [0, 0.1) is 11.7 Å². The summed E-state index contributed by atoms with van der Waals surface area (Å²) >= 11 is 0. The monoisotopic (exact) mass is 380 g/mol. The van der Waals surface area contributed by atoms with E-state index < -0.39 is 5.82 Å². The van der Waals surface area contributed by atoms with Crippen molar-refractivity contribution in [2.24, 2.45) is 13.0 Å². The highest BCUT2D eigenvalue weighted by molar-refractivity contribution is 5.58. The molecule has 1 unspecified atom stereocenters. The fraction of sp³-hybridized carbons (Fsp3) is 0.286. The van der Waals surface area contributed by atoms with Gasteiger partial charge < -0.3 is 10.1 Å². The van der Waals surface area contributed by atoms with Crippen LogP contribution in [0.3, 0.4) is 0 Å². The number of benzene rings is 1. The zero-order chi connectivity index (χ0) is 19.5. The van der Waals surface area contributed by atoms with E-state index in [1.165, 1.54) is 22.9 Å². The Bertz CT molecular complexity index is 1020. The predicted octanol–water partition coefficient (Wildman–Crippen LogP) is 2.71. The summed E-state index contributed by atoms with van der Waals surface area (Å²) in [7, 11) is 1.60. The first kappa shape index (κ1) is 18.3. The summed E-state index contributed by atoms with van der Waals surface area (Å²) in [6, 6.07) is 12.9. The average molecular weight is 380 g/mol. The largest absolute Gasteiger partial charge is 0.456 e. The van der Waals surface area contributed by atoms with Crippen molar-refractivity contribution in [3.8, 4) is 17.3 Å². The molecular weight excluding hydrogens is 359 g/mol. The Labute approximate surface area is 162 Å². The van der Waals surface area contributed by atoms with Crippen LogP contribution in [0.15, 0.2) is 59.7 Å². The van der Waals surface area contributed by atoms with Crippen LogP contribution >= 0.6 is 0 Å². The van der Waals surface area contributed by atoms with E-state index in [-0.39, 0.29) is 34.8 Å². The van der Waals surface area contributed by atoms with Gasteiger partial charge in [-0.15, -0.1) is 0 Å².